The zero-order valence-corrected chi connectivity index (χ0v) is 9.68. The number of nitrogens with one attached hydrogen (secondary N) is 1. The van der Waals surface area contributed by atoms with Crippen molar-refractivity contribution < 1.29 is 14.6 Å². The number of aliphatic hydroxyl groups is 2. The summed E-state index contributed by atoms with van der Waals surface area (Å²) in [6, 6.07) is 3.77. The molecule has 0 amide bonds. The first-order chi connectivity index (χ1) is 7.51. The van der Waals surface area contributed by atoms with Crippen LogP contribution in [0.3, 0.4) is 0 Å². The van der Waals surface area contributed by atoms with E-state index in [1.807, 2.05) is 13.8 Å². The van der Waals surface area contributed by atoms with Crippen molar-refractivity contribution >= 4 is 0 Å². The molecular formula is C12H19NO3. The van der Waals surface area contributed by atoms with Gasteiger partial charge in [0.1, 0.15) is 11.9 Å². The SMILES string of the molecule is CC1(C)C(O)CC1NCC(O)c1ccco1. The highest BCUT2D eigenvalue weighted by atomic mass is 16.4. The van der Waals surface area contributed by atoms with Crippen molar-refractivity contribution in [2.75, 3.05) is 6.54 Å². The molecule has 0 saturated heterocycles. The molecule has 1 aromatic heterocycles. The molecule has 2 rings (SSSR count). The largest absolute Gasteiger partial charge is 0.467 e. The fourth-order valence-electron chi connectivity index (χ4n) is 2.08. The van der Waals surface area contributed by atoms with Gasteiger partial charge in [0.25, 0.3) is 0 Å². The molecule has 0 aromatic carbocycles. The summed E-state index contributed by atoms with van der Waals surface area (Å²) in [4.78, 5) is 0. The van der Waals surface area contributed by atoms with Gasteiger partial charge in [-0.3, -0.25) is 0 Å². The quantitative estimate of drug-likeness (QED) is 0.717. The Kier molecular flexibility index (Phi) is 3.06. The number of rotatable bonds is 4. The van der Waals surface area contributed by atoms with Gasteiger partial charge in [0.05, 0.1) is 12.4 Å². The maximum Gasteiger partial charge on any atom is 0.133 e. The number of furan rings is 1. The summed E-state index contributed by atoms with van der Waals surface area (Å²) in [5, 5.41) is 22.6. The zero-order chi connectivity index (χ0) is 11.8. The second-order valence-corrected chi connectivity index (χ2v) is 5.06. The van der Waals surface area contributed by atoms with E-state index in [0.717, 1.165) is 6.42 Å². The minimum atomic E-state index is -0.622. The molecule has 4 heteroatoms. The van der Waals surface area contributed by atoms with Crippen LogP contribution in [0.2, 0.25) is 0 Å². The summed E-state index contributed by atoms with van der Waals surface area (Å²) in [6.07, 6.45) is 1.43. The van der Waals surface area contributed by atoms with Crippen LogP contribution in [0, 0.1) is 5.41 Å². The van der Waals surface area contributed by atoms with Crippen molar-refractivity contribution in [1.82, 2.24) is 5.32 Å². The molecule has 1 aromatic rings. The Morgan fingerprint density at radius 2 is 2.38 bits per heavy atom. The van der Waals surface area contributed by atoms with Crippen LogP contribution in [-0.2, 0) is 0 Å². The molecule has 1 heterocycles. The molecule has 1 aliphatic carbocycles. The average molecular weight is 225 g/mol. The summed E-state index contributed by atoms with van der Waals surface area (Å²) in [6.45, 7) is 4.50. The summed E-state index contributed by atoms with van der Waals surface area (Å²) in [5.41, 5.74) is -0.108. The van der Waals surface area contributed by atoms with Gasteiger partial charge in [-0.15, -0.1) is 0 Å². The Bertz CT molecular complexity index is 334. The van der Waals surface area contributed by atoms with Crippen LogP contribution in [0.4, 0.5) is 0 Å². The van der Waals surface area contributed by atoms with Crippen LogP contribution >= 0.6 is 0 Å². The van der Waals surface area contributed by atoms with Crippen molar-refractivity contribution in [3.8, 4) is 0 Å². The fourth-order valence-corrected chi connectivity index (χ4v) is 2.08. The van der Waals surface area contributed by atoms with Gasteiger partial charge in [0.15, 0.2) is 0 Å². The third-order valence-electron chi connectivity index (χ3n) is 3.65. The van der Waals surface area contributed by atoms with Crippen molar-refractivity contribution in [2.24, 2.45) is 5.41 Å². The highest BCUT2D eigenvalue weighted by Crippen LogP contribution is 2.40. The van der Waals surface area contributed by atoms with Crippen LogP contribution in [0.1, 0.15) is 32.1 Å². The van der Waals surface area contributed by atoms with Crippen LogP contribution in [0.25, 0.3) is 0 Å². The van der Waals surface area contributed by atoms with E-state index in [2.05, 4.69) is 5.32 Å². The van der Waals surface area contributed by atoms with Crippen LogP contribution < -0.4 is 5.32 Å². The standard InChI is InChI=1S/C12H19NO3/c1-12(2)10(6-11(12)15)13-7-8(14)9-4-3-5-16-9/h3-5,8,10-11,13-15H,6-7H2,1-2H3. The summed E-state index contributed by atoms with van der Waals surface area (Å²) in [5.74, 6) is 0.574. The second kappa shape index (κ2) is 4.20. The predicted molar refractivity (Wildman–Crippen MR) is 59.9 cm³/mol. The van der Waals surface area contributed by atoms with Crippen molar-refractivity contribution in [1.29, 1.82) is 0 Å². The Labute approximate surface area is 95.3 Å². The highest BCUT2D eigenvalue weighted by molar-refractivity contribution is 5.05. The third kappa shape index (κ3) is 2.00. The Hall–Kier alpha value is -0.840. The molecule has 1 saturated carbocycles. The van der Waals surface area contributed by atoms with Gasteiger partial charge in [-0.05, 0) is 18.6 Å². The maximum absolute atomic E-state index is 9.80. The molecule has 3 N–H and O–H groups in total. The minimum Gasteiger partial charge on any atom is -0.467 e. The van der Waals surface area contributed by atoms with E-state index >= 15 is 0 Å². The normalized spacial score (nSPS) is 29.8. The zero-order valence-electron chi connectivity index (χ0n) is 9.68. The van der Waals surface area contributed by atoms with E-state index in [1.54, 1.807) is 18.4 Å². The number of aliphatic hydroxyl groups excluding tert-OH is 2. The summed E-state index contributed by atoms with van der Waals surface area (Å²) >= 11 is 0. The average Bonchev–Trinajstić information content (AvgIpc) is 2.76. The van der Waals surface area contributed by atoms with Crippen LogP contribution in [0.5, 0.6) is 0 Å². The van der Waals surface area contributed by atoms with Crippen molar-refractivity contribution in [3.63, 3.8) is 0 Å². The molecule has 0 spiro atoms. The molecular weight excluding hydrogens is 206 g/mol. The molecule has 3 unspecified atom stereocenters. The molecule has 0 bridgehead atoms. The van der Waals surface area contributed by atoms with Gasteiger partial charge in [-0.2, -0.15) is 0 Å². The summed E-state index contributed by atoms with van der Waals surface area (Å²) in [7, 11) is 0. The van der Waals surface area contributed by atoms with E-state index < -0.39 is 6.10 Å². The van der Waals surface area contributed by atoms with Gasteiger partial charge in [-0.1, -0.05) is 13.8 Å². The van der Waals surface area contributed by atoms with E-state index in [9.17, 15) is 10.2 Å². The predicted octanol–water partition coefficient (Wildman–Crippen LogP) is 1.06. The number of hydrogen-bond donors (Lipinski definition) is 3. The Morgan fingerprint density at radius 1 is 1.62 bits per heavy atom. The van der Waals surface area contributed by atoms with Gasteiger partial charge in [-0.25, -0.2) is 0 Å². The topological polar surface area (TPSA) is 65.6 Å². The lowest BCUT2D eigenvalue weighted by Gasteiger charge is -2.49. The molecule has 16 heavy (non-hydrogen) atoms. The smallest absolute Gasteiger partial charge is 0.133 e. The van der Waals surface area contributed by atoms with Gasteiger partial charge in [0.2, 0.25) is 0 Å². The van der Waals surface area contributed by atoms with Gasteiger partial charge < -0.3 is 19.9 Å². The first-order valence-corrected chi connectivity index (χ1v) is 5.64. The molecule has 3 atom stereocenters. The lowest BCUT2D eigenvalue weighted by molar-refractivity contribution is -0.0752. The van der Waals surface area contributed by atoms with Crippen molar-refractivity contribution in [3.05, 3.63) is 24.2 Å². The second-order valence-electron chi connectivity index (χ2n) is 5.06. The van der Waals surface area contributed by atoms with Crippen LogP contribution in [0.15, 0.2) is 22.8 Å². The lowest BCUT2D eigenvalue weighted by atomic mass is 9.64. The Morgan fingerprint density at radius 3 is 2.88 bits per heavy atom. The maximum atomic E-state index is 9.80. The monoisotopic (exact) mass is 225 g/mol. The van der Waals surface area contributed by atoms with E-state index in [0.29, 0.717) is 12.3 Å². The number of hydrogen-bond acceptors (Lipinski definition) is 4. The summed E-state index contributed by atoms with van der Waals surface area (Å²) < 4.78 is 5.11. The highest BCUT2D eigenvalue weighted by Gasteiger charge is 2.46. The minimum absolute atomic E-state index is 0.108. The molecule has 4 nitrogen and oxygen atoms in total. The molecule has 1 fully saturated rings. The molecule has 0 radical (unpaired) electrons. The molecule has 90 valence electrons. The Balaban J connectivity index is 1.81. The van der Waals surface area contributed by atoms with E-state index in [-0.39, 0.29) is 17.6 Å². The van der Waals surface area contributed by atoms with Gasteiger partial charge in [0, 0.05) is 18.0 Å². The van der Waals surface area contributed by atoms with E-state index in [1.165, 1.54) is 0 Å². The first kappa shape index (κ1) is 11.6. The van der Waals surface area contributed by atoms with E-state index in [4.69, 9.17) is 4.42 Å². The van der Waals surface area contributed by atoms with Crippen LogP contribution in [-0.4, -0.2) is 28.9 Å². The van der Waals surface area contributed by atoms with Crippen molar-refractivity contribution in [2.45, 2.75) is 38.5 Å². The first-order valence-electron chi connectivity index (χ1n) is 5.64. The molecule has 1 aliphatic rings. The fraction of sp³-hybridized carbons (Fsp3) is 0.667. The van der Waals surface area contributed by atoms with Gasteiger partial charge >= 0.3 is 0 Å². The third-order valence-corrected chi connectivity index (χ3v) is 3.65. The lowest BCUT2D eigenvalue weighted by Crippen LogP contribution is -2.60. The molecule has 0 aliphatic heterocycles.